The molecule has 2 aromatic rings. The molecular weight excluding hydrogens is 308 g/mol. The molecule has 6 heteroatoms. The zero-order valence-electron chi connectivity index (χ0n) is 13.6. The fourth-order valence-corrected chi connectivity index (χ4v) is 2.82. The maximum Gasteiger partial charge on any atom is 0.261 e. The first-order chi connectivity index (χ1) is 11.6. The molecule has 0 radical (unpaired) electrons. The molecule has 3 rings (SSSR count). The van der Waals surface area contributed by atoms with E-state index in [4.69, 9.17) is 4.42 Å². The number of hydrogen-bond acceptors (Lipinski definition) is 4. The average molecular weight is 326 g/mol. The van der Waals surface area contributed by atoms with Gasteiger partial charge in [-0.2, -0.15) is 0 Å². The maximum absolute atomic E-state index is 12.6. The van der Waals surface area contributed by atoms with E-state index < -0.39 is 5.91 Å². The van der Waals surface area contributed by atoms with Gasteiger partial charge in [0.05, 0.1) is 23.9 Å². The minimum absolute atomic E-state index is 0.0820. The van der Waals surface area contributed by atoms with Gasteiger partial charge in [-0.15, -0.1) is 0 Å². The van der Waals surface area contributed by atoms with E-state index in [2.05, 4.69) is 0 Å². The van der Waals surface area contributed by atoms with Crippen LogP contribution in [0.2, 0.25) is 0 Å². The Hall–Kier alpha value is -2.89. The summed E-state index contributed by atoms with van der Waals surface area (Å²) in [5, 5.41) is 0. The summed E-state index contributed by atoms with van der Waals surface area (Å²) in [6, 6.07) is 8.07. The van der Waals surface area contributed by atoms with Crippen LogP contribution in [-0.4, -0.2) is 40.6 Å². The van der Waals surface area contributed by atoms with Crippen molar-refractivity contribution in [3.05, 3.63) is 59.0 Å². The van der Waals surface area contributed by atoms with E-state index in [-0.39, 0.29) is 23.9 Å². The second kappa shape index (κ2) is 6.31. The van der Waals surface area contributed by atoms with Gasteiger partial charge in [0, 0.05) is 18.7 Å². The van der Waals surface area contributed by atoms with Gasteiger partial charge >= 0.3 is 0 Å². The van der Waals surface area contributed by atoms with Crippen LogP contribution in [0, 0.1) is 0 Å². The Morgan fingerprint density at radius 1 is 1.08 bits per heavy atom. The van der Waals surface area contributed by atoms with E-state index >= 15 is 0 Å². The zero-order valence-corrected chi connectivity index (χ0v) is 13.6. The quantitative estimate of drug-likeness (QED) is 0.792. The van der Waals surface area contributed by atoms with Crippen LogP contribution in [0.5, 0.6) is 0 Å². The lowest BCUT2D eigenvalue weighted by Gasteiger charge is -2.18. The number of fused-ring (bicyclic) bond motifs is 1. The number of rotatable bonds is 5. The van der Waals surface area contributed by atoms with Gasteiger partial charge in [-0.05, 0) is 44.2 Å². The SMILES string of the molecule is CCN(CC)C(=O)c1ccc2c(c1)C(=O)N(Cc1ccco1)C2=O. The molecular formula is C18H18N2O4. The van der Waals surface area contributed by atoms with E-state index in [9.17, 15) is 14.4 Å². The minimum atomic E-state index is -0.402. The van der Waals surface area contributed by atoms with Crippen molar-refractivity contribution in [2.75, 3.05) is 13.1 Å². The summed E-state index contributed by atoms with van der Waals surface area (Å²) in [7, 11) is 0. The van der Waals surface area contributed by atoms with Crippen LogP contribution < -0.4 is 0 Å². The summed E-state index contributed by atoms with van der Waals surface area (Å²) >= 11 is 0. The van der Waals surface area contributed by atoms with Crippen molar-refractivity contribution in [3.63, 3.8) is 0 Å². The summed E-state index contributed by atoms with van der Waals surface area (Å²) in [4.78, 5) is 40.2. The minimum Gasteiger partial charge on any atom is -0.467 e. The van der Waals surface area contributed by atoms with Gasteiger partial charge in [-0.25, -0.2) is 0 Å². The van der Waals surface area contributed by atoms with Crippen LogP contribution in [0.15, 0.2) is 41.0 Å². The topological polar surface area (TPSA) is 70.8 Å². The highest BCUT2D eigenvalue weighted by Crippen LogP contribution is 2.26. The molecule has 0 aliphatic carbocycles. The standard InChI is InChI=1S/C18H18N2O4/c1-3-19(4-2)16(21)12-7-8-14-15(10-12)18(23)20(17(14)22)11-13-6-5-9-24-13/h5-10H,3-4,11H2,1-2H3. The first-order valence-corrected chi connectivity index (χ1v) is 7.88. The molecule has 0 bridgehead atoms. The number of carbonyl (C=O) groups excluding carboxylic acids is 3. The monoisotopic (exact) mass is 326 g/mol. The molecule has 0 saturated carbocycles. The van der Waals surface area contributed by atoms with Crippen molar-refractivity contribution in [3.8, 4) is 0 Å². The van der Waals surface area contributed by atoms with E-state index in [1.165, 1.54) is 12.3 Å². The fourth-order valence-electron chi connectivity index (χ4n) is 2.82. The maximum atomic E-state index is 12.6. The Morgan fingerprint density at radius 2 is 1.79 bits per heavy atom. The highest BCUT2D eigenvalue weighted by Gasteiger charge is 2.36. The van der Waals surface area contributed by atoms with E-state index in [1.807, 2.05) is 13.8 Å². The first-order valence-electron chi connectivity index (χ1n) is 7.88. The van der Waals surface area contributed by atoms with Gasteiger partial charge in [0.25, 0.3) is 17.7 Å². The van der Waals surface area contributed by atoms with Crippen LogP contribution >= 0.6 is 0 Å². The smallest absolute Gasteiger partial charge is 0.261 e. The van der Waals surface area contributed by atoms with E-state index in [0.717, 1.165) is 4.90 Å². The van der Waals surface area contributed by atoms with E-state index in [1.54, 1.807) is 29.2 Å². The average Bonchev–Trinajstić information content (AvgIpc) is 3.19. The van der Waals surface area contributed by atoms with Crippen LogP contribution in [0.3, 0.4) is 0 Å². The Morgan fingerprint density at radius 3 is 2.42 bits per heavy atom. The van der Waals surface area contributed by atoms with Gasteiger partial charge in [0.1, 0.15) is 5.76 Å². The van der Waals surface area contributed by atoms with Crippen LogP contribution in [0.1, 0.15) is 50.7 Å². The molecule has 0 unspecified atom stereocenters. The van der Waals surface area contributed by atoms with Crippen molar-refractivity contribution in [1.82, 2.24) is 9.80 Å². The molecule has 0 N–H and O–H groups in total. The van der Waals surface area contributed by atoms with Gasteiger partial charge in [0.15, 0.2) is 0 Å². The molecule has 3 amide bonds. The number of furan rings is 1. The summed E-state index contributed by atoms with van der Waals surface area (Å²) in [5.41, 5.74) is 1.01. The molecule has 1 aliphatic rings. The molecule has 0 saturated heterocycles. The Bertz CT molecular complexity index is 791. The molecule has 2 heterocycles. The molecule has 0 spiro atoms. The van der Waals surface area contributed by atoms with Crippen molar-refractivity contribution in [2.45, 2.75) is 20.4 Å². The highest BCUT2D eigenvalue weighted by atomic mass is 16.3. The molecule has 6 nitrogen and oxygen atoms in total. The third-order valence-electron chi connectivity index (χ3n) is 4.16. The zero-order chi connectivity index (χ0) is 17.3. The van der Waals surface area contributed by atoms with Crippen molar-refractivity contribution in [1.29, 1.82) is 0 Å². The third-order valence-corrected chi connectivity index (χ3v) is 4.16. The summed E-state index contributed by atoms with van der Waals surface area (Å²) in [5.74, 6) is -0.384. The van der Waals surface area contributed by atoms with Gasteiger partial charge in [-0.3, -0.25) is 19.3 Å². The number of amides is 3. The summed E-state index contributed by atoms with van der Waals surface area (Å²) < 4.78 is 5.21. The number of nitrogens with zero attached hydrogens (tertiary/aromatic N) is 2. The molecule has 0 fully saturated rings. The van der Waals surface area contributed by atoms with Crippen LogP contribution in [-0.2, 0) is 6.54 Å². The van der Waals surface area contributed by atoms with Gasteiger partial charge in [-0.1, -0.05) is 0 Å². The normalized spacial score (nSPS) is 13.3. The lowest BCUT2D eigenvalue weighted by Crippen LogP contribution is -2.30. The molecule has 0 atom stereocenters. The van der Waals surface area contributed by atoms with Crippen molar-refractivity contribution >= 4 is 17.7 Å². The Kier molecular flexibility index (Phi) is 4.20. The van der Waals surface area contributed by atoms with Gasteiger partial charge < -0.3 is 9.32 Å². The Labute approximate surface area is 139 Å². The predicted molar refractivity (Wildman–Crippen MR) is 86.6 cm³/mol. The lowest BCUT2D eigenvalue weighted by molar-refractivity contribution is 0.0631. The van der Waals surface area contributed by atoms with Crippen LogP contribution in [0.4, 0.5) is 0 Å². The second-order valence-electron chi connectivity index (χ2n) is 5.51. The molecule has 24 heavy (non-hydrogen) atoms. The number of imide groups is 1. The van der Waals surface area contributed by atoms with E-state index in [0.29, 0.717) is 30.0 Å². The second-order valence-corrected chi connectivity index (χ2v) is 5.51. The molecule has 124 valence electrons. The molecule has 1 aliphatic heterocycles. The Balaban J connectivity index is 1.90. The lowest BCUT2D eigenvalue weighted by atomic mass is 10.0. The third kappa shape index (κ3) is 2.60. The molecule has 1 aromatic carbocycles. The number of hydrogen-bond donors (Lipinski definition) is 0. The van der Waals surface area contributed by atoms with Crippen molar-refractivity contribution < 1.29 is 18.8 Å². The fraction of sp³-hybridized carbons (Fsp3) is 0.278. The van der Waals surface area contributed by atoms with Crippen LogP contribution in [0.25, 0.3) is 0 Å². The van der Waals surface area contributed by atoms with Crippen molar-refractivity contribution in [2.24, 2.45) is 0 Å². The largest absolute Gasteiger partial charge is 0.467 e. The summed E-state index contributed by atoms with van der Waals surface area (Å²) in [6.45, 7) is 5.05. The highest BCUT2D eigenvalue weighted by molar-refractivity contribution is 6.21. The predicted octanol–water partition coefficient (Wildman–Crippen LogP) is 2.56. The molecule has 1 aromatic heterocycles. The van der Waals surface area contributed by atoms with Gasteiger partial charge in [0.2, 0.25) is 0 Å². The first kappa shape index (κ1) is 16.0. The number of benzene rings is 1. The summed E-state index contributed by atoms with van der Waals surface area (Å²) in [6.07, 6.45) is 1.49. The number of carbonyl (C=O) groups is 3.